The van der Waals surface area contributed by atoms with Gasteiger partial charge in [0.25, 0.3) is 0 Å². The molecule has 0 aliphatic heterocycles. The van der Waals surface area contributed by atoms with Gasteiger partial charge < -0.3 is 10.4 Å². The van der Waals surface area contributed by atoms with Gasteiger partial charge in [0.1, 0.15) is 11.6 Å². The molecule has 0 aliphatic carbocycles. The normalized spacial score (nSPS) is 10.9. The minimum atomic E-state index is -0.805. The molecule has 2 aromatic heterocycles. The van der Waals surface area contributed by atoms with E-state index in [0.717, 1.165) is 28.0 Å². The van der Waals surface area contributed by atoms with Crippen molar-refractivity contribution in [2.24, 2.45) is 0 Å². The molecule has 146 valence electrons. The van der Waals surface area contributed by atoms with Crippen molar-refractivity contribution < 1.29 is 14.3 Å². The first-order chi connectivity index (χ1) is 14.1. The summed E-state index contributed by atoms with van der Waals surface area (Å²) in [6.07, 6.45) is 2.37. The second-order valence-electron chi connectivity index (χ2n) is 6.70. The second-order valence-corrected chi connectivity index (χ2v) is 6.70. The summed E-state index contributed by atoms with van der Waals surface area (Å²) < 4.78 is 14.8. The topological polar surface area (TPSA) is 79.5 Å². The van der Waals surface area contributed by atoms with Gasteiger partial charge in [0.15, 0.2) is 5.65 Å². The van der Waals surface area contributed by atoms with E-state index in [2.05, 4.69) is 15.4 Å². The summed E-state index contributed by atoms with van der Waals surface area (Å²) in [6, 6.07) is 17.8. The van der Waals surface area contributed by atoms with Crippen LogP contribution in [0.5, 0.6) is 0 Å². The van der Waals surface area contributed by atoms with E-state index in [1.165, 1.54) is 12.1 Å². The highest BCUT2D eigenvalue weighted by Gasteiger charge is 2.09. The minimum Gasteiger partial charge on any atom is -0.481 e. The van der Waals surface area contributed by atoms with Crippen LogP contribution in [0.2, 0.25) is 0 Å². The van der Waals surface area contributed by atoms with Crippen LogP contribution in [0, 0.1) is 5.82 Å². The lowest BCUT2D eigenvalue weighted by molar-refractivity contribution is -0.136. The number of carbonyl (C=O) groups is 1. The standard InChI is InChI=1S/C22H19FN4O2/c23-18-8-3-16(4-9-18)13-24-20-10-11-21-25-14-19(27(21)26-20)17-6-1-15(2-7-17)5-12-22(28)29/h1-4,6-11,14H,5,12-13H2,(H,24,26)(H,28,29). The Morgan fingerprint density at radius 2 is 1.72 bits per heavy atom. The molecule has 7 heteroatoms. The average Bonchev–Trinajstić information content (AvgIpc) is 3.15. The maximum atomic E-state index is 13.0. The highest BCUT2D eigenvalue weighted by atomic mass is 19.1. The van der Waals surface area contributed by atoms with Crippen molar-refractivity contribution in [3.05, 3.63) is 83.8 Å². The number of anilines is 1. The van der Waals surface area contributed by atoms with Gasteiger partial charge in [-0.1, -0.05) is 36.4 Å². The molecule has 4 rings (SSSR count). The molecule has 0 saturated carbocycles. The number of rotatable bonds is 7. The Labute approximate surface area is 166 Å². The van der Waals surface area contributed by atoms with Gasteiger partial charge in [-0.05, 0) is 41.8 Å². The largest absolute Gasteiger partial charge is 0.481 e. The van der Waals surface area contributed by atoms with E-state index < -0.39 is 5.97 Å². The number of carboxylic acids is 1. The maximum Gasteiger partial charge on any atom is 0.303 e. The van der Waals surface area contributed by atoms with Gasteiger partial charge in [-0.25, -0.2) is 13.9 Å². The van der Waals surface area contributed by atoms with Crippen LogP contribution in [-0.4, -0.2) is 25.7 Å². The summed E-state index contributed by atoms with van der Waals surface area (Å²) in [4.78, 5) is 15.1. The number of imidazole rings is 1. The number of fused-ring (bicyclic) bond motifs is 1. The number of carboxylic acid groups (broad SMARTS) is 1. The van der Waals surface area contributed by atoms with Gasteiger partial charge in [-0.2, -0.15) is 0 Å². The molecule has 0 atom stereocenters. The van der Waals surface area contributed by atoms with E-state index in [-0.39, 0.29) is 12.2 Å². The monoisotopic (exact) mass is 390 g/mol. The maximum absolute atomic E-state index is 13.0. The highest BCUT2D eigenvalue weighted by Crippen LogP contribution is 2.22. The van der Waals surface area contributed by atoms with Crippen LogP contribution in [-0.2, 0) is 17.8 Å². The summed E-state index contributed by atoms with van der Waals surface area (Å²) in [5, 5.41) is 16.7. The molecule has 0 aliphatic rings. The third kappa shape index (κ3) is 4.40. The van der Waals surface area contributed by atoms with E-state index in [4.69, 9.17) is 5.11 Å². The van der Waals surface area contributed by atoms with Crippen LogP contribution in [0.25, 0.3) is 16.9 Å². The minimum absolute atomic E-state index is 0.111. The first-order valence-electron chi connectivity index (χ1n) is 9.23. The van der Waals surface area contributed by atoms with Gasteiger partial charge in [-0.15, -0.1) is 5.10 Å². The molecule has 2 N–H and O–H groups in total. The van der Waals surface area contributed by atoms with Gasteiger partial charge >= 0.3 is 5.97 Å². The van der Waals surface area contributed by atoms with E-state index in [1.807, 2.05) is 36.4 Å². The summed E-state index contributed by atoms with van der Waals surface area (Å²) in [5.74, 6) is -0.384. The Morgan fingerprint density at radius 1 is 1.00 bits per heavy atom. The van der Waals surface area contributed by atoms with Crippen LogP contribution in [0.3, 0.4) is 0 Å². The highest BCUT2D eigenvalue weighted by molar-refractivity contribution is 5.67. The van der Waals surface area contributed by atoms with Crippen molar-refractivity contribution in [2.45, 2.75) is 19.4 Å². The SMILES string of the molecule is O=C(O)CCc1ccc(-c2cnc3ccc(NCc4ccc(F)cc4)nn23)cc1. The zero-order valence-corrected chi connectivity index (χ0v) is 15.5. The number of nitrogens with one attached hydrogen (secondary N) is 1. The number of hydrogen-bond acceptors (Lipinski definition) is 4. The number of nitrogens with zero attached hydrogens (tertiary/aromatic N) is 3. The second kappa shape index (κ2) is 8.10. The zero-order valence-electron chi connectivity index (χ0n) is 15.5. The Bertz CT molecular complexity index is 1140. The van der Waals surface area contributed by atoms with Crippen molar-refractivity contribution in [1.82, 2.24) is 14.6 Å². The van der Waals surface area contributed by atoms with Crippen LogP contribution >= 0.6 is 0 Å². The average molecular weight is 390 g/mol. The Kier molecular flexibility index (Phi) is 5.20. The number of aliphatic carboxylic acids is 1. The molecule has 2 heterocycles. The third-order valence-corrected chi connectivity index (χ3v) is 4.63. The number of aryl methyl sites for hydroxylation is 1. The molecular weight excluding hydrogens is 371 g/mol. The lowest BCUT2D eigenvalue weighted by Gasteiger charge is -2.08. The van der Waals surface area contributed by atoms with Crippen molar-refractivity contribution >= 4 is 17.4 Å². The van der Waals surface area contributed by atoms with Gasteiger partial charge in [-0.3, -0.25) is 4.79 Å². The van der Waals surface area contributed by atoms with Gasteiger partial charge in [0, 0.05) is 18.5 Å². The van der Waals surface area contributed by atoms with Crippen molar-refractivity contribution in [2.75, 3.05) is 5.32 Å². The predicted octanol–water partition coefficient (Wildman–Crippen LogP) is 4.16. The summed E-state index contributed by atoms with van der Waals surface area (Å²) >= 11 is 0. The van der Waals surface area contributed by atoms with Crippen LogP contribution in [0.4, 0.5) is 10.2 Å². The molecule has 0 radical (unpaired) electrons. The van der Waals surface area contributed by atoms with Gasteiger partial charge in [0.2, 0.25) is 0 Å². The number of benzene rings is 2. The van der Waals surface area contributed by atoms with Crippen LogP contribution in [0.15, 0.2) is 66.9 Å². The van der Waals surface area contributed by atoms with Crippen LogP contribution < -0.4 is 5.32 Å². The molecule has 4 aromatic rings. The molecule has 0 saturated heterocycles. The third-order valence-electron chi connectivity index (χ3n) is 4.63. The van der Waals surface area contributed by atoms with E-state index in [1.54, 1.807) is 22.8 Å². The number of aromatic nitrogens is 3. The fourth-order valence-corrected chi connectivity index (χ4v) is 3.05. The molecule has 0 unspecified atom stereocenters. The van der Waals surface area contributed by atoms with Crippen LogP contribution in [0.1, 0.15) is 17.5 Å². The summed E-state index contributed by atoms with van der Waals surface area (Å²) in [6.45, 7) is 0.529. The fourth-order valence-electron chi connectivity index (χ4n) is 3.05. The first-order valence-corrected chi connectivity index (χ1v) is 9.23. The van der Waals surface area contributed by atoms with E-state index in [9.17, 15) is 9.18 Å². The van der Waals surface area contributed by atoms with Crippen molar-refractivity contribution in [1.29, 1.82) is 0 Å². The quantitative estimate of drug-likeness (QED) is 0.495. The molecule has 0 amide bonds. The van der Waals surface area contributed by atoms with E-state index in [0.29, 0.717) is 18.8 Å². The predicted molar refractivity (Wildman–Crippen MR) is 108 cm³/mol. The molecule has 0 bridgehead atoms. The number of hydrogen-bond donors (Lipinski definition) is 2. The lowest BCUT2D eigenvalue weighted by atomic mass is 10.1. The van der Waals surface area contributed by atoms with Gasteiger partial charge in [0.05, 0.1) is 11.9 Å². The molecule has 6 nitrogen and oxygen atoms in total. The summed E-state index contributed by atoms with van der Waals surface area (Å²) in [7, 11) is 0. The Morgan fingerprint density at radius 3 is 2.45 bits per heavy atom. The molecule has 29 heavy (non-hydrogen) atoms. The summed E-state index contributed by atoms with van der Waals surface area (Å²) in [5.41, 5.74) is 4.44. The molecule has 0 fully saturated rings. The Hall–Kier alpha value is -3.74. The Balaban J connectivity index is 1.53. The van der Waals surface area contributed by atoms with E-state index >= 15 is 0 Å². The smallest absolute Gasteiger partial charge is 0.303 e. The lowest BCUT2D eigenvalue weighted by Crippen LogP contribution is -2.04. The zero-order chi connectivity index (χ0) is 20.2. The molecule has 2 aromatic carbocycles. The van der Waals surface area contributed by atoms with Crippen molar-refractivity contribution in [3.63, 3.8) is 0 Å². The number of halogens is 1. The first kappa shape index (κ1) is 18.6. The van der Waals surface area contributed by atoms with Crippen molar-refractivity contribution in [3.8, 4) is 11.3 Å². The fraction of sp³-hybridized carbons (Fsp3) is 0.136. The molecular formula is C22H19FN4O2. The molecule has 0 spiro atoms.